The maximum absolute atomic E-state index is 12.3. The summed E-state index contributed by atoms with van der Waals surface area (Å²) >= 11 is 0. The number of nitrogens with one attached hydrogen (secondary N) is 1. The fraction of sp³-hybridized carbons (Fsp3) is 0.400. The van der Waals surface area contributed by atoms with E-state index in [1.165, 1.54) is 7.11 Å². The highest BCUT2D eigenvalue weighted by Crippen LogP contribution is 2.08. The number of methoxy groups -OCH3 is 1. The molecule has 1 fully saturated rings. The van der Waals surface area contributed by atoms with Gasteiger partial charge < -0.3 is 9.64 Å². The lowest BCUT2D eigenvalue weighted by molar-refractivity contribution is -0.121. The van der Waals surface area contributed by atoms with E-state index in [9.17, 15) is 14.4 Å². The number of imide groups is 1. The molecular formula is C15H19N3O4. The Kier molecular flexibility index (Phi) is 5.48. The molecule has 0 aromatic heterocycles. The van der Waals surface area contributed by atoms with Gasteiger partial charge >= 0.3 is 6.09 Å². The Balaban J connectivity index is 1.79. The van der Waals surface area contributed by atoms with Gasteiger partial charge in [0.15, 0.2) is 0 Å². The monoisotopic (exact) mass is 305 g/mol. The van der Waals surface area contributed by atoms with Crippen LogP contribution in [0.1, 0.15) is 10.4 Å². The number of alkyl carbamates (subject to hydrolysis) is 1. The van der Waals surface area contributed by atoms with Gasteiger partial charge in [0.2, 0.25) is 5.91 Å². The minimum absolute atomic E-state index is 0.000683. The quantitative estimate of drug-likeness (QED) is 0.870. The molecule has 0 bridgehead atoms. The van der Waals surface area contributed by atoms with E-state index < -0.39 is 12.0 Å². The lowest BCUT2D eigenvalue weighted by Crippen LogP contribution is -2.51. The normalized spacial score (nSPS) is 15.2. The molecule has 2 rings (SSSR count). The van der Waals surface area contributed by atoms with Crippen LogP contribution in [-0.4, -0.2) is 67.5 Å². The van der Waals surface area contributed by atoms with Gasteiger partial charge in [-0.1, -0.05) is 18.2 Å². The zero-order chi connectivity index (χ0) is 15.9. The van der Waals surface area contributed by atoms with Gasteiger partial charge in [-0.25, -0.2) is 4.79 Å². The van der Waals surface area contributed by atoms with E-state index in [4.69, 9.17) is 0 Å². The number of benzene rings is 1. The fourth-order valence-electron chi connectivity index (χ4n) is 2.28. The Morgan fingerprint density at radius 3 is 2.32 bits per heavy atom. The molecule has 0 aliphatic carbocycles. The van der Waals surface area contributed by atoms with Crippen molar-refractivity contribution >= 4 is 17.9 Å². The van der Waals surface area contributed by atoms with Crippen LogP contribution in [0.3, 0.4) is 0 Å². The first-order chi connectivity index (χ1) is 10.6. The predicted octanol–water partition coefficient (Wildman–Crippen LogP) is 0.327. The third-order valence-electron chi connectivity index (χ3n) is 3.47. The van der Waals surface area contributed by atoms with Crippen molar-refractivity contribution < 1.29 is 19.1 Å². The number of ether oxygens (including phenoxy) is 1. The van der Waals surface area contributed by atoms with Crippen molar-refractivity contribution in [2.45, 2.75) is 0 Å². The summed E-state index contributed by atoms with van der Waals surface area (Å²) in [6.07, 6.45) is -0.761. The summed E-state index contributed by atoms with van der Waals surface area (Å²) < 4.78 is 4.37. The Hall–Kier alpha value is -2.41. The number of piperazine rings is 1. The van der Waals surface area contributed by atoms with Gasteiger partial charge in [-0.05, 0) is 12.1 Å². The smallest absolute Gasteiger partial charge is 0.413 e. The molecular weight excluding hydrogens is 286 g/mol. The molecule has 1 aliphatic heterocycles. The number of nitrogens with zero attached hydrogens (tertiary/aromatic N) is 2. The van der Waals surface area contributed by atoms with Crippen molar-refractivity contribution in [3.8, 4) is 0 Å². The highest BCUT2D eigenvalue weighted by atomic mass is 16.5. The number of rotatable bonds is 3. The number of carbonyl (C=O) groups is 3. The standard InChI is InChI=1S/C15H19N3O4/c1-22-15(21)16-13(19)11-17-7-9-18(10-8-17)14(20)12-5-3-2-4-6-12/h2-6H,7-11H2,1H3,(H,16,19,21). The van der Waals surface area contributed by atoms with E-state index in [-0.39, 0.29) is 12.5 Å². The molecule has 0 atom stereocenters. The van der Waals surface area contributed by atoms with Crippen molar-refractivity contribution in [3.63, 3.8) is 0 Å². The lowest BCUT2D eigenvalue weighted by atomic mass is 10.2. The van der Waals surface area contributed by atoms with Crippen molar-refractivity contribution in [1.29, 1.82) is 0 Å². The molecule has 0 spiro atoms. The van der Waals surface area contributed by atoms with Gasteiger partial charge in [-0.2, -0.15) is 0 Å². The highest BCUT2D eigenvalue weighted by Gasteiger charge is 2.23. The molecule has 0 saturated carbocycles. The van der Waals surface area contributed by atoms with Crippen molar-refractivity contribution in [3.05, 3.63) is 35.9 Å². The maximum Gasteiger partial charge on any atom is 0.413 e. The Bertz CT molecular complexity index is 539. The van der Waals surface area contributed by atoms with Crippen LogP contribution in [0.15, 0.2) is 30.3 Å². The molecule has 1 aromatic carbocycles. The second-order valence-electron chi connectivity index (χ2n) is 4.97. The Labute approximate surface area is 128 Å². The van der Waals surface area contributed by atoms with Gasteiger partial charge in [0.1, 0.15) is 0 Å². The average Bonchev–Trinajstić information content (AvgIpc) is 2.55. The van der Waals surface area contributed by atoms with E-state index in [1.807, 2.05) is 23.1 Å². The van der Waals surface area contributed by atoms with E-state index in [2.05, 4.69) is 10.1 Å². The first-order valence-electron chi connectivity index (χ1n) is 7.04. The molecule has 1 saturated heterocycles. The van der Waals surface area contributed by atoms with Crippen LogP contribution in [0.5, 0.6) is 0 Å². The molecule has 3 amide bonds. The average molecular weight is 305 g/mol. The van der Waals surface area contributed by atoms with Gasteiger partial charge in [0.05, 0.1) is 13.7 Å². The molecule has 0 radical (unpaired) electrons. The van der Waals surface area contributed by atoms with E-state index in [1.54, 1.807) is 17.0 Å². The predicted molar refractivity (Wildman–Crippen MR) is 79.3 cm³/mol. The fourth-order valence-corrected chi connectivity index (χ4v) is 2.28. The zero-order valence-electron chi connectivity index (χ0n) is 12.4. The van der Waals surface area contributed by atoms with Crippen molar-refractivity contribution in [2.24, 2.45) is 0 Å². The largest absolute Gasteiger partial charge is 0.453 e. The van der Waals surface area contributed by atoms with Crippen LogP contribution < -0.4 is 5.32 Å². The third kappa shape index (κ3) is 4.29. The zero-order valence-corrected chi connectivity index (χ0v) is 12.4. The minimum Gasteiger partial charge on any atom is -0.453 e. The summed E-state index contributed by atoms with van der Waals surface area (Å²) in [7, 11) is 1.20. The van der Waals surface area contributed by atoms with Crippen LogP contribution in [0, 0.1) is 0 Å². The number of amides is 3. The molecule has 22 heavy (non-hydrogen) atoms. The minimum atomic E-state index is -0.761. The highest BCUT2D eigenvalue weighted by molar-refractivity contribution is 5.94. The maximum atomic E-state index is 12.3. The van der Waals surface area contributed by atoms with Gasteiger partial charge in [-0.15, -0.1) is 0 Å². The lowest BCUT2D eigenvalue weighted by Gasteiger charge is -2.34. The summed E-state index contributed by atoms with van der Waals surface area (Å²) in [6, 6.07) is 9.12. The summed E-state index contributed by atoms with van der Waals surface area (Å²) in [5, 5.41) is 2.11. The topological polar surface area (TPSA) is 79.0 Å². The molecule has 1 N–H and O–H groups in total. The molecule has 7 nitrogen and oxygen atoms in total. The molecule has 1 heterocycles. The van der Waals surface area contributed by atoms with E-state index in [0.29, 0.717) is 31.7 Å². The van der Waals surface area contributed by atoms with Crippen LogP contribution in [0.4, 0.5) is 4.79 Å². The van der Waals surface area contributed by atoms with E-state index in [0.717, 1.165) is 0 Å². The summed E-state index contributed by atoms with van der Waals surface area (Å²) in [5.74, 6) is -0.408. The molecule has 1 aliphatic rings. The van der Waals surface area contributed by atoms with Crippen molar-refractivity contribution in [2.75, 3.05) is 39.8 Å². The second-order valence-corrected chi connectivity index (χ2v) is 4.97. The number of hydrogen-bond donors (Lipinski definition) is 1. The van der Waals surface area contributed by atoms with Crippen LogP contribution in [-0.2, 0) is 9.53 Å². The number of carbonyl (C=O) groups excluding carboxylic acids is 3. The third-order valence-corrected chi connectivity index (χ3v) is 3.47. The van der Waals surface area contributed by atoms with Gasteiger partial charge in [0, 0.05) is 31.7 Å². The van der Waals surface area contributed by atoms with E-state index >= 15 is 0 Å². The summed E-state index contributed by atoms with van der Waals surface area (Å²) in [4.78, 5) is 38.5. The SMILES string of the molecule is COC(=O)NC(=O)CN1CCN(C(=O)c2ccccc2)CC1. The van der Waals surface area contributed by atoms with Crippen LogP contribution in [0.25, 0.3) is 0 Å². The molecule has 118 valence electrons. The second kappa shape index (κ2) is 7.56. The van der Waals surface area contributed by atoms with Gasteiger partial charge in [0.25, 0.3) is 5.91 Å². The summed E-state index contributed by atoms with van der Waals surface area (Å²) in [5.41, 5.74) is 0.666. The van der Waals surface area contributed by atoms with Crippen LogP contribution >= 0.6 is 0 Å². The first kappa shape index (κ1) is 16.0. The molecule has 7 heteroatoms. The van der Waals surface area contributed by atoms with Gasteiger partial charge in [-0.3, -0.25) is 19.8 Å². The molecule has 0 unspecified atom stereocenters. The van der Waals surface area contributed by atoms with Crippen LogP contribution in [0.2, 0.25) is 0 Å². The Morgan fingerprint density at radius 2 is 1.73 bits per heavy atom. The first-order valence-corrected chi connectivity index (χ1v) is 7.04. The number of hydrogen-bond acceptors (Lipinski definition) is 5. The Morgan fingerprint density at radius 1 is 1.09 bits per heavy atom. The summed E-state index contributed by atoms with van der Waals surface area (Å²) in [6.45, 7) is 2.40. The molecule has 1 aromatic rings. The van der Waals surface area contributed by atoms with Crippen molar-refractivity contribution in [1.82, 2.24) is 15.1 Å².